The Hall–Kier alpha value is -0.610. The first-order chi connectivity index (χ1) is 8.60. The van der Waals surface area contributed by atoms with E-state index in [9.17, 15) is 9.90 Å². The molecule has 0 aliphatic carbocycles. The largest absolute Gasteiger partial charge is 0.393 e. The van der Waals surface area contributed by atoms with E-state index in [0.717, 1.165) is 51.6 Å². The van der Waals surface area contributed by atoms with Gasteiger partial charge in [-0.25, -0.2) is 0 Å². The lowest BCUT2D eigenvalue weighted by Crippen LogP contribution is -2.47. The molecule has 1 unspecified atom stereocenters. The zero-order valence-corrected chi connectivity index (χ0v) is 11.8. The molecule has 1 saturated heterocycles. The number of hydrogen-bond donors (Lipinski definition) is 3. The van der Waals surface area contributed by atoms with Crippen LogP contribution >= 0.6 is 0 Å². The number of carbonyl (C=O) groups is 1. The van der Waals surface area contributed by atoms with Gasteiger partial charge in [0.1, 0.15) is 0 Å². The van der Waals surface area contributed by atoms with E-state index in [1.54, 1.807) is 6.92 Å². The van der Waals surface area contributed by atoms with Gasteiger partial charge >= 0.3 is 0 Å². The van der Waals surface area contributed by atoms with E-state index < -0.39 is 0 Å². The number of hydrogen-bond acceptors (Lipinski definition) is 3. The number of rotatable bonds is 7. The van der Waals surface area contributed by atoms with Crippen molar-refractivity contribution in [2.24, 2.45) is 5.41 Å². The number of aliphatic hydroxyl groups excluding tert-OH is 1. The zero-order chi connectivity index (χ0) is 13.4. The van der Waals surface area contributed by atoms with Crippen LogP contribution in [-0.2, 0) is 4.79 Å². The molecule has 1 amide bonds. The summed E-state index contributed by atoms with van der Waals surface area (Å²) in [5.41, 5.74) is -0.148. The maximum Gasteiger partial charge on any atom is 0.226 e. The van der Waals surface area contributed by atoms with Crippen LogP contribution in [0.1, 0.15) is 52.4 Å². The predicted molar refractivity (Wildman–Crippen MR) is 73.4 cm³/mol. The Balaban J connectivity index is 2.39. The molecular weight excluding hydrogens is 228 g/mol. The van der Waals surface area contributed by atoms with E-state index in [4.69, 9.17) is 0 Å². The Labute approximate surface area is 111 Å². The van der Waals surface area contributed by atoms with Crippen molar-refractivity contribution in [2.45, 2.75) is 58.5 Å². The van der Waals surface area contributed by atoms with Gasteiger partial charge in [0.2, 0.25) is 5.91 Å². The summed E-state index contributed by atoms with van der Waals surface area (Å²) >= 11 is 0. The highest BCUT2D eigenvalue weighted by Gasteiger charge is 2.38. The van der Waals surface area contributed by atoms with Crippen molar-refractivity contribution >= 4 is 5.91 Å². The van der Waals surface area contributed by atoms with Crippen molar-refractivity contribution in [2.75, 3.05) is 19.6 Å². The van der Waals surface area contributed by atoms with Gasteiger partial charge in [-0.05, 0) is 52.1 Å². The Morgan fingerprint density at radius 2 is 2.11 bits per heavy atom. The lowest BCUT2D eigenvalue weighted by molar-refractivity contribution is -0.133. The highest BCUT2D eigenvalue weighted by atomic mass is 16.3. The standard InChI is InChI=1S/C14H28N2O2/c1-3-6-14(7-10-15-11-8-14)13(18)16-9-4-5-12(2)17/h12,15,17H,3-11H2,1-2H3,(H,16,18). The molecule has 0 radical (unpaired) electrons. The van der Waals surface area contributed by atoms with E-state index in [0.29, 0.717) is 6.54 Å². The third-order valence-corrected chi connectivity index (χ3v) is 3.86. The smallest absolute Gasteiger partial charge is 0.226 e. The quantitative estimate of drug-likeness (QED) is 0.604. The number of aliphatic hydroxyl groups is 1. The van der Waals surface area contributed by atoms with Crippen molar-refractivity contribution in [3.8, 4) is 0 Å². The number of amides is 1. The second kappa shape index (κ2) is 7.74. The van der Waals surface area contributed by atoms with Gasteiger partial charge < -0.3 is 15.7 Å². The third-order valence-electron chi connectivity index (χ3n) is 3.86. The molecule has 1 atom stereocenters. The topological polar surface area (TPSA) is 61.4 Å². The lowest BCUT2D eigenvalue weighted by Gasteiger charge is -2.36. The second-order valence-electron chi connectivity index (χ2n) is 5.53. The first-order valence-electron chi connectivity index (χ1n) is 7.28. The van der Waals surface area contributed by atoms with Crippen molar-refractivity contribution in [3.05, 3.63) is 0 Å². The highest BCUT2D eigenvalue weighted by molar-refractivity contribution is 5.82. The molecule has 0 spiro atoms. The zero-order valence-electron chi connectivity index (χ0n) is 11.8. The summed E-state index contributed by atoms with van der Waals surface area (Å²) in [6, 6.07) is 0. The fourth-order valence-electron chi connectivity index (χ4n) is 2.76. The SMILES string of the molecule is CCCC1(C(=O)NCCCC(C)O)CCNCC1. The van der Waals surface area contributed by atoms with E-state index >= 15 is 0 Å². The van der Waals surface area contributed by atoms with E-state index in [2.05, 4.69) is 17.6 Å². The minimum Gasteiger partial charge on any atom is -0.393 e. The summed E-state index contributed by atoms with van der Waals surface area (Å²) in [4.78, 5) is 12.4. The van der Waals surface area contributed by atoms with Crippen LogP contribution in [0.15, 0.2) is 0 Å². The van der Waals surface area contributed by atoms with Crippen molar-refractivity contribution in [3.63, 3.8) is 0 Å². The molecule has 1 aliphatic rings. The minimum atomic E-state index is -0.273. The summed E-state index contributed by atoms with van der Waals surface area (Å²) in [5, 5.41) is 15.6. The molecule has 0 aromatic rings. The Bertz CT molecular complexity index is 243. The summed E-state index contributed by atoms with van der Waals surface area (Å²) in [5.74, 6) is 0.219. The summed E-state index contributed by atoms with van der Waals surface area (Å²) in [7, 11) is 0. The summed E-state index contributed by atoms with van der Waals surface area (Å²) in [6.45, 7) is 6.50. The van der Waals surface area contributed by atoms with Crippen LogP contribution in [0.5, 0.6) is 0 Å². The molecule has 0 aromatic carbocycles. The maximum atomic E-state index is 12.4. The second-order valence-corrected chi connectivity index (χ2v) is 5.53. The van der Waals surface area contributed by atoms with Crippen LogP contribution in [0.4, 0.5) is 0 Å². The Morgan fingerprint density at radius 3 is 2.67 bits per heavy atom. The van der Waals surface area contributed by atoms with E-state index in [1.165, 1.54) is 0 Å². The molecule has 0 saturated carbocycles. The van der Waals surface area contributed by atoms with Gasteiger partial charge in [0.25, 0.3) is 0 Å². The molecule has 0 bridgehead atoms. The average Bonchev–Trinajstić information content (AvgIpc) is 2.35. The Morgan fingerprint density at radius 1 is 1.44 bits per heavy atom. The number of piperidine rings is 1. The molecule has 3 N–H and O–H groups in total. The first-order valence-corrected chi connectivity index (χ1v) is 7.28. The first kappa shape index (κ1) is 15.4. The molecular formula is C14H28N2O2. The van der Waals surface area contributed by atoms with Crippen molar-refractivity contribution < 1.29 is 9.90 Å². The molecule has 4 heteroatoms. The highest BCUT2D eigenvalue weighted by Crippen LogP contribution is 2.34. The minimum absolute atomic E-state index is 0.148. The van der Waals surface area contributed by atoms with Gasteiger partial charge in [-0.3, -0.25) is 4.79 Å². The maximum absolute atomic E-state index is 12.4. The summed E-state index contributed by atoms with van der Waals surface area (Å²) < 4.78 is 0. The van der Waals surface area contributed by atoms with Crippen LogP contribution < -0.4 is 10.6 Å². The molecule has 0 aromatic heterocycles. The fraction of sp³-hybridized carbons (Fsp3) is 0.929. The molecule has 1 aliphatic heterocycles. The monoisotopic (exact) mass is 256 g/mol. The molecule has 18 heavy (non-hydrogen) atoms. The summed E-state index contributed by atoms with van der Waals surface area (Å²) in [6.07, 6.45) is 5.27. The number of carbonyl (C=O) groups excluding carboxylic acids is 1. The lowest BCUT2D eigenvalue weighted by atomic mass is 9.74. The fourth-order valence-corrected chi connectivity index (χ4v) is 2.76. The third kappa shape index (κ3) is 4.58. The van der Waals surface area contributed by atoms with Gasteiger partial charge in [0.05, 0.1) is 11.5 Å². The van der Waals surface area contributed by atoms with Gasteiger partial charge in [-0.1, -0.05) is 13.3 Å². The molecule has 4 nitrogen and oxygen atoms in total. The van der Waals surface area contributed by atoms with Crippen LogP contribution in [0.2, 0.25) is 0 Å². The van der Waals surface area contributed by atoms with E-state index in [-0.39, 0.29) is 17.4 Å². The molecule has 1 rings (SSSR count). The van der Waals surface area contributed by atoms with Gasteiger partial charge in [0.15, 0.2) is 0 Å². The average molecular weight is 256 g/mol. The van der Waals surface area contributed by atoms with Gasteiger partial charge in [-0.15, -0.1) is 0 Å². The van der Waals surface area contributed by atoms with Gasteiger partial charge in [0, 0.05) is 6.54 Å². The van der Waals surface area contributed by atoms with Crippen molar-refractivity contribution in [1.29, 1.82) is 0 Å². The van der Waals surface area contributed by atoms with Crippen molar-refractivity contribution in [1.82, 2.24) is 10.6 Å². The predicted octanol–water partition coefficient (Wildman–Crippen LogP) is 1.43. The molecule has 1 fully saturated rings. The van der Waals surface area contributed by atoms with Crippen LogP contribution in [-0.4, -0.2) is 36.8 Å². The van der Waals surface area contributed by atoms with E-state index in [1.807, 2.05) is 0 Å². The molecule has 106 valence electrons. The van der Waals surface area contributed by atoms with Crippen LogP contribution in [0, 0.1) is 5.41 Å². The molecule has 1 heterocycles. The normalized spacial score (nSPS) is 20.4. The Kier molecular flexibility index (Phi) is 6.65. The van der Waals surface area contributed by atoms with Crippen LogP contribution in [0.3, 0.4) is 0 Å². The van der Waals surface area contributed by atoms with Gasteiger partial charge in [-0.2, -0.15) is 0 Å². The number of nitrogens with one attached hydrogen (secondary N) is 2. The van der Waals surface area contributed by atoms with Crippen LogP contribution in [0.25, 0.3) is 0 Å².